The predicted molar refractivity (Wildman–Crippen MR) is 52.5 cm³/mol. The molecule has 0 saturated carbocycles. The van der Waals surface area contributed by atoms with Crippen molar-refractivity contribution in [1.29, 1.82) is 0 Å². The summed E-state index contributed by atoms with van der Waals surface area (Å²) in [5.41, 5.74) is -0.0295. The van der Waals surface area contributed by atoms with Crippen molar-refractivity contribution >= 4 is 11.9 Å². The summed E-state index contributed by atoms with van der Waals surface area (Å²) in [5, 5.41) is 26.6. The first-order valence-electron chi connectivity index (χ1n) is 4.29. The zero-order valence-electron chi connectivity index (χ0n) is 8.38. The van der Waals surface area contributed by atoms with E-state index in [0.717, 1.165) is 6.07 Å². The molecule has 0 spiro atoms. The fourth-order valence-corrected chi connectivity index (χ4v) is 1.20. The Morgan fingerprint density at radius 2 is 1.94 bits per heavy atom. The normalized spacial score (nSPS) is 11.9. The highest BCUT2D eigenvalue weighted by Gasteiger charge is 2.21. The molecule has 0 saturated heterocycles. The molecule has 0 heterocycles. The Morgan fingerprint density at radius 3 is 2.38 bits per heavy atom. The SMILES string of the molecule is COc1cc(C(=O)O)ccc1[C@@H](O)C(=O)O. The minimum absolute atomic E-state index is 0.0139. The third-order valence-electron chi connectivity index (χ3n) is 2.01. The molecule has 1 aromatic carbocycles. The third kappa shape index (κ3) is 2.29. The van der Waals surface area contributed by atoms with E-state index in [4.69, 9.17) is 14.9 Å². The molecule has 6 heteroatoms. The zero-order chi connectivity index (χ0) is 12.3. The van der Waals surface area contributed by atoms with Crippen molar-refractivity contribution in [3.63, 3.8) is 0 Å². The maximum atomic E-state index is 10.6. The Balaban J connectivity index is 3.21. The van der Waals surface area contributed by atoms with E-state index in [2.05, 4.69) is 0 Å². The number of carbonyl (C=O) groups is 2. The average molecular weight is 226 g/mol. The van der Waals surface area contributed by atoms with Crippen LogP contribution in [-0.2, 0) is 4.79 Å². The Kier molecular flexibility index (Phi) is 3.47. The summed E-state index contributed by atoms with van der Waals surface area (Å²) in [5.74, 6) is -2.56. The molecule has 0 amide bonds. The van der Waals surface area contributed by atoms with Crippen molar-refractivity contribution in [3.05, 3.63) is 29.3 Å². The van der Waals surface area contributed by atoms with Crippen molar-refractivity contribution in [3.8, 4) is 5.75 Å². The van der Waals surface area contributed by atoms with Gasteiger partial charge in [-0.1, -0.05) is 6.07 Å². The molecule has 0 bridgehead atoms. The van der Waals surface area contributed by atoms with Crippen LogP contribution in [0.3, 0.4) is 0 Å². The number of rotatable bonds is 4. The monoisotopic (exact) mass is 226 g/mol. The Hall–Kier alpha value is -2.08. The van der Waals surface area contributed by atoms with Crippen LogP contribution in [0.15, 0.2) is 18.2 Å². The van der Waals surface area contributed by atoms with Crippen LogP contribution < -0.4 is 4.74 Å². The summed E-state index contributed by atoms with van der Waals surface area (Å²) in [7, 11) is 1.26. The summed E-state index contributed by atoms with van der Waals surface area (Å²) in [4.78, 5) is 21.2. The van der Waals surface area contributed by atoms with Gasteiger partial charge < -0.3 is 20.1 Å². The topological polar surface area (TPSA) is 104 Å². The molecule has 1 rings (SSSR count). The summed E-state index contributed by atoms with van der Waals surface area (Å²) < 4.78 is 4.82. The van der Waals surface area contributed by atoms with E-state index in [9.17, 15) is 14.7 Å². The fourth-order valence-electron chi connectivity index (χ4n) is 1.20. The molecule has 0 aliphatic heterocycles. The predicted octanol–water partition coefficient (Wildman–Crippen LogP) is 0.511. The van der Waals surface area contributed by atoms with Crippen molar-refractivity contribution in [2.75, 3.05) is 7.11 Å². The molecule has 0 aliphatic carbocycles. The molecule has 0 aliphatic rings. The van der Waals surface area contributed by atoms with Crippen LogP contribution in [0.1, 0.15) is 22.0 Å². The van der Waals surface area contributed by atoms with Gasteiger partial charge in [0.1, 0.15) is 5.75 Å². The lowest BCUT2D eigenvalue weighted by Crippen LogP contribution is -2.12. The highest BCUT2D eigenvalue weighted by molar-refractivity contribution is 5.88. The fraction of sp³-hybridized carbons (Fsp3) is 0.200. The lowest BCUT2D eigenvalue weighted by atomic mass is 10.1. The maximum Gasteiger partial charge on any atom is 0.337 e. The van der Waals surface area contributed by atoms with Crippen molar-refractivity contribution in [2.45, 2.75) is 6.10 Å². The number of aliphatic hydroxyl groups is 1. The van der Waals surface area contributed by atoms with Gasteiger partial charge in [-0.05, 0) is 12.1 Å². The number of carboxylic acid groups (broad SMARTS) is 2. The number of aliphatic carboxylic acids is 1. The number of aromatic carboxylic acids is 1. The Labute approximate surface area is 90.7 Å². The number of aliphatic hydroxyl groups excluding tert-OH is 1. The minimum atomic E-state index is -1.74. The van der Waals surface area contributed by atoms with Gasteiger partial charge in [0, 0.05) is 5.56 Å². The van der Waals surface area contributed by atoms with E-state index >= 15 is 0 Å². The largest absolute Gasteiger partial charge is 0.496 e. The molecule has 0 aromatic heterocycles. The van der Waals surface area contributed by atoms with Gasteiger partial charge in [-0.2, -0.15) is 0 Å². The molecule has 3 N–H and O–H groups in total. The standard InChI is InChI=1S/C10H10O6/c1-16-7-4-5(9(12)13)2-3-6(7)8(11)10(14)15/h2-4,8,11H,1H3,(H,12,13)(H,14,15)/t8-/m1/s1. The Morgan fingerprint density at radius 1 is 1.31 bits per heavy atom. The van der Waals surface area contributed by atoms with Gasteiger partial charge in [-0.15, -0.1) is 0 Å². The number of hydrogen-bond acceptors (Lipinski definition) is 4. The summed E-state index contributed by atoms with van der Waals surface area (Å²) in [6.07, 6.45) is -1.74. The van der Waals surface area contributed by atoms with Crippen LogP contribution in [0.4, 0.5) is 0 Å². The van der Waals surface area contributed by atoms with Crippen molar-refractivity contribution in [1.82, 2.24) is 0 Å². The van der Waals surface area contributed by atoms with Crippen molar-refractivity contribution in [2.24, 2.45) is 0 Å². The molecule has 0 fully saturated rings. The van der Waals surface area contributed by atoms with Gasteiger partial charge in [-0.25, -0.2) is 9.59 Å². The van der Waals surface area contributed by atoms with Gasteiger partial charge in [-0.3, -0.25) is 0 Å². The molecule has 16 heavy (non-hydrogen) atoms. The first kappa shape index (κ1) is 12.0. The van der Waals surface area contributed by atoms with Crippen LogP contribution in [-0.4, -0.2) is 34.4 Å². The quantitative estimate of drug-likeness (QED) is 0.691. The Bertz CT molecular complexity index is 425. The number of hydrogen-bond donors (Lipinski definition) is 3. The second-order valence-electron chi connectivity index (χ2n) is 3.00. The molecular formula is C10H10O6. The zero-order valence-corrected chi connectivity index (χ0v) is 8.38. The molecule has 6 nitrogen and oxygen atoms in total. The average Bonchev–Trinajstić information content (AvgIpc) is 2.26. The molecule has 0 unspecified atom stereocenters. The van der Waals surface area contributed by atoms with E-state index in [1.165, 1.54) is 19.2 Å². The van der Waals surface area contributed by atoms with Gasteiger partial charge in [0.15, 0.2) is 6.10 Å². The third-order valence-corrected chi connectivity index (χ3v) is 2.01. The van der Waals surface area contributed by atoms with Crippen LogP contribution in [0, 0.1) is 0 Å². The summed E-state index contributed by atoms with van der Waals surface area (Å²) in [6.45, 7) is 0. The van der Waals surface area contributed by atoms with Gasteiger partial charge >= 0.3 is 11.9 Å². The number of benzene rings is 1. The number of ether oxygens (including phenoxy) is 1. The summed E-state index contributed by atoms with van der Waals surface area (Å²) in [6, 6.07) is 3.57. The maximum absolute atomic E-state index is 10.6. The first-order valence-corrected chi connectivity index (χ1v) is 4.29. The van der Waals surface area contributed by atoms with Gasteiger partial charge in [0.2, 0.25) is 0 Å². The molecule has 1 atom stereocenters. The molecule has 86 valence electrons. The van der Waals surface area contributed by atoms with Gasteiger partial charge in [0.25, 0.3) is 0 Å². The highest BCUT2D eigenvalue weighted by Crippen LogP contribution is 2.26. The number of methoxy groups -OCH3 is 1. The van der Waals surface area contributed by atoms with E-state index in [1.807, 2.05) is 0 Å². The van der Waals surface area contributed by atoms with E-state index in [1.54, 1.807) is 0 Å². The second kappa shape index (κ2) is 4.63. The first-order chi connectivity index (χ1) is 7.47. The van der Waals surface area contributed by atoms with Crippen LogP contribution >= 0.6 is 0 Å². The molecule has 0 radical (unpaired) electrons. The van der Waals surface area contributed by atoms with E-state index in [0.29, 0.717) is 0 Å². The summed E-state index contributed by atoms with van der Waals surface area (Å²) >= 11 is 0. The minimum Gasteiger partial charge on any atom is -0.496 e. The molecule has 1 aromatic rings. The highest BCUT2D eigenvalue weighted by atomic mass is 16.5. The lowest BCUT2D eigenvalue weighted by Gasteiger charge is -2.11. The van der Waals surface area contributed by atoms with Crippen LogP contribution in [0.25, 0.3) is 0 Å². The second-order valence-corrected chi connectivity index (χ2v) is 3.00. The van der Waals surface area contributed by atoms with Crippen molar-refractivity contribution < 1.29 is 29.6 Å². The van der Waals surface area contributed by atoms with Crippen LogP contribution in [0.5, 0.6) is 5.75 Å². The number of carboxylic acids is 2. The smallest absolute Gasteiger partial charge is 0.337 e. The van der Waals surface area contributed by atoms with Crippen LogP contribution in [0.2, 0.25) is 0 Å². The molecular weight excluding hydrogens is 216 g/mol. The lowest BCUT2D eigenvalue weighted by molar-refractivity contribution is -0.147. The van der Waals surface area contributed by atoms with Gasteiger partial charge in [0.05, 0.1) is 12.7 Å². The van der Waals surface area contributed by atoms with E-state index in [-0.39, 0.29) is 16.9 Å². The van der Waals surface area contributed by atoms with E-state index < -0.39 is 18.0 Å².